The first-order valence-electron chi connectivity index (χ1n) is 10.3. The van der Waals surface area contributed by atoms with Crippen LogP contribution in [0.5, 0.6) is 0 Å². The Labute approximate surface area is 203 Å². The first-order chi connectivity index (χ1) is 13.7. The molecule has 2 aromatic rings. The van der Waals surface area contributed by atoms with Gasteiger partial charge in [-0.05, 0) is 30.5 Å². The molecule has 155 valence electrons. The zero-order valence-electron chi connectivity index (χ0n) is 17.2. The smallest absolute Gasteiger partial charge is 0.227 e. The second-order valence-corrected chi connectivity index (χ2v) is 8.41. The average molecular weight is 489 g/mol. The number of carbonyl (C=O) groups is 1. The Kier molecular flexibility index (Phi) is 11.0. The van der Waals surface area contributed by atoms with Gasteiger partial charge in [0.05, 0.1) is 18.8 Å². The first kappa shape index (κ1) is 24.7. The maximum absolute atomic E-state index is 12.4. The fourth-order valence-electron chi connectivity index (χ4n) is 3.69. The van der Waals surface area contributed by atoms with Crippen LogP contribution in [0, 0.1) is 5.38 Å². The van der Waals surface area contributed by atoms with Gasteiger partial charge in [-0.2, -0.15) is 12.1 Å². The largest absolute Gasteiger partial charge is 0.388 e. The van der Waals surface area contributed by atoms with E-state index in [1.165, 1.54) is 19.3 Å². The van der Waals surface area contributed by atoms with E-state index in [1.807, 2.05) is 41.3 Å². The SMILES string of the molecule is CCCCCC[C@H](O)c1ccc(N2C(=O)CC[C@@H]2COCc2cc[c-]s2)cc1.[Y]. The number of aliphatic hydroxyl groups is 1. The quantitative estimate of drug-likeness (QED) is 0.346. The summed E-state index contributed by atoms with van der Waals surface area (Å²) in [4.78, 5) is 15.4. The van der Waals surface area contributed by atoms with E-state index in [0.717, 1.165) is 35.4 Å². The van der Waals surface area contributed by atoms with Gasteiger partial charge in [0.25, 0.3) is 0 Å². The monoisotopic (exact) mass is 489 g/mol. The molecule has 0 saturated carbocycles. The average Bonchev–Trinajstić information content (AvgIpc) is 3.35. The normalized spacial score (nSPS) is 17.4. The summed E-state index contributed by atoms with van der Waals surface area (Å²) in [5.41, 5.74) is 1.82. The van der Waals surface area contributed by atoms with Crippen LogP contribution >= 0.6 is 11.3 Å². The second-order valence-electron chi connectivity index (χ2n) is 7.45. The van der Waals surface area contributed by atoms with E-state index < -0.39 is 6.10 Å². The minimum Gasteiger partial charge on any atom is -0.388 e. The molecule has 0 unspecified atom stereocenters. The van der Waals surface area contributed by atoms with Gasteiger partial charge >= 0.3 is 0 Å². The number of anilines is 1. The van der Waals surface area contributed by atoms with Gasteiger partial charge in [-0.25, -0.2) is 0 Å². The van der Waals surface area contributed by atoms with Crippen molar-refractivity contribution in [3.05, 3.63) is 52.2 Å². The van der Waals surface area contributed by atoms with Crippen molar-refractivity contribution in [2.75, 3.05) is 11.5 Å². The third-order valence-corrected chi connectivity index (χ3v) is 6.06. The fourth-order valence-corrected chi connectivity index (χ4v) is 4.25. The van der Waals surface area contributed by atoms with E-state index in [0.29, 0.717) is 19.6 Å². The number of hydrogen-bond acceptors (Lipinski definition) is 4. The van der Waals surface area contributed by atoms with Crippen molar-refractivity contribution >= 4 is 22.9 Å². The molecular weight excluding hydrogens is 459 g/mol. The zero-order valence-corrected chi connectivity index (χ0v) is 20.8. The molecule has 6 heteroatoms. The molecule has 3 rings (SSSR count). The molecule has 4 nitrogen and oxygen atoms in total. The van der Waals surface area contributed by atoms with Gasteiger partial charge < -0.3 is 14.7 Å². The summed E-state index contributed by atoms with van der Waals surface area (Å²) in [6.45, 7) is 3.29. The van der Waals surface area contributed by atoms with Gasteiger partial charge in [0.1, 0.15) is 0 Å². The molecule has 0 spiro atoms. The minimum atomic E-state index is -0.429. The summed E-state index contributed by atoms with van der Waals surface area (Å²) in [6.07, 6.45) is 6.37. The summed E-state index contributed by atoms with van der Waals surface area (Å²) >= 11 is 1.56. The Hall–Kier alpha value is -0.586. The molecule has 1 radical (unpaired) electrons. The molecule has 1 saturated heterocycles. The Morgan fingerprint density at radius 1 is 1.24 bits per heavy atom. The summed E-state index contributed by atoms with van der Waals surface area (Å²) in [5, 5.41) is 13.4. The third kappa shape index (κ3) is 7.25. The van der Waals surface area contributed by atoms with Crippen molar-refractivity contribution < 1.29 is 47.3 Å². The van der Waals surface area contributed by atoms with Crippen molar-refractivity contribution in [1.82, 2.24) is 0 Å². The molecule has 29 heavy (non-hydrogen) atoms. The van der Waals surface area contributed by atoms with Crippen LogP contribution in [0.25, 0.3) is 0 Å². The van der Waals surface area contributed by atoms with Gasteiger partial charge in [0, 0.05) is 51.4 Å². The number of aliphatic hydroxyl groups excluding tert-OH is 1. The number of rotatable bonds is 11. The maximum atomic E-state index is 12.4. The van der Waals surface area contributed by atoms with Crippen molar-refractivity contribution in [2.24, 2.45) is 0 Å². The standard InChI is InChI=1S/C23H30NO3S.Y/c1-2-3-4-5-8-22(25)18-9-11-19(12-10-18)24-20(13-14-23(24)26)16-27-17-21-7-6-15-28-21;/h6-7,9-12,20,22,25H,2-5,8,13-14,16-17H2,1H3;/q-1;/t20-,22+;/m1./s1. The predicted octanol–water partition coefficient (Wildman–Crippen LogP) is 5.26. The summed E-state index contributed by atoms with van der Waals surface area (Å²) in [6, 6.07) is 11.8. The number of thiophene rings is 1. The van der Waals surface area contributed by atoms with Gasteiger partial charge in [-0.3, -0.25) is 16.1 Å². The third-order valence-electron chi connectivity index (χ3n) is 5.29. The molecule has 0 bridgehead atoms. The molecule has 2 atom stereocenters. The van der Waals surface area contributed by atoms with E-state index in [4.69, 9.17) is 4.74 Å². The number of benzene rings is 1. The van der Waals surface area contributed by atoms with E-state index in [-0.39, 0.29) is 44.7 Å². The second kappa shape index (κ2) is 13.0. The Morgan fingerprint density at radius 2 is 2.03 bits per heavy atom. The van der Waals surface area contributed by atoms with E-state index >= 15 is 0 Å². The summed E-state index contributed by atoms with van der Waals surface area (Å²) in [5.74, 6) is 0.144. The van der Waals surface area contributed by atoms with Gasteiger partial charge in [0.2, 0.25) is 5.91 Å². The Bertz CT molecular complexity index is 720. The van der Waals surface area contributed by atoms with Crippen molar-refractivity contribution in [3.8, 4) is 0 Å². The molecule has 0 aliphatic carbocycles. The van der Waals surface area contributed by atoms with Crippen LogP contribution in [-0.4, -0.2) is 23.7 Å². The number of unbranched alkanes of at least 4 members (excludes halogenated alkanes) is 3. The van der Waals surface area contributed by atoms with Crippen LogP contribution < -0.4 is 4.90 Å². The number of amides is 1. The van der Waals surface area contributed by atoms with E-state index in [1.54, 1.807) is 11.3 Å². The minimum absolute atomic E-state index is 0. The molecule has 1 aromatic carbocycles. The summed E-state index contributed by atoms with van der Waals surface area (Å²) in [7, 11) is 0. The van der Waals surface area contributed by atoms with Gasteiger partial charge in [-0.1, -0.05) is 44.7 Å². The number of ether oxygens (including phenoxy) is 1. The fraction of sp³-hybridized carbons (Fsp3) is 0.522. The molecule has 1 aliphatic heterocycles. The van der Waals surface area contributed by atoms with Crippen LogP contribution in [0.15, 0.2) is 36.4 Å². The van der Waals surface area contributed by atoms with Crippen LogP contribution in [-0.2, 0) is 48.8 Å². The predicted molar refractivity (Wildman–Crippen MR) is 113 cm³/mol. The molecular formula is C23H30NO3SY-. The van der Waals surface area contributed by atoms with Crippen molar-refractivity contribution in [1.29, 1.82) is 0 Å². The number of hydrogen-bond donors (Lipinski definition) is 1. The zero-order chi connectivity index (χ0) is 19.8. The van der Waals surface area contributed by atoms with Gasteiger partial charge in [-0.15, -0.1) is 10.3 Å². The summed E-state index contributed by atoms with van der Waals surface area (Å²) < 4.78 is 5.84. The first-order valence-corrected chi connectivity index (χ1v) is 11.1. The number of nitrogens with zero attached hydrogens (tertiary/aromatic N) is 1. The van der Waals surface area contributed by atoms with Crippen LogP contribution in [0.4, 0.5) is 5.69 Å². The number of carbonyl (C=O) groups excluding carboxylic acids is 1. The molecule has 1 N–H and O–H groups in total. The van der Waals surface area contributed by atoms with E-state index in [2.05, 4.69) is 12.3 Å². The molecule has 1 aromatic heterocycles. The molecule has 1 fully saturated rings. The van der Waals surface area contributed by atoms with Crippen LogP contribution in [0.2, 0.25) is 0 Å². The molecule has 2 heterocycles. The van der Waals surface area contributed by atoms with E-state index in [9.17, 15) is 9.90 Å². The Morgan fingerprint density at radius 3 is 2.72 bits per heavy atom. The van der Waals surface area contributed by atoms with Crippen molar-refractivity contribution in [2.45, 2.75) is 70.6 Å². The van der Waals surface area contributed by atoms with Crippen molar-refractivity contribution in [3.63, 3.8) is 0 Å². The van der Waals surface area contributed by atoms with Crippen LogP contribution in [0.1, 0.15) is 68.4 Å². The molecule has 1 aliphatic rings. The topological polar surface area (TPSA) is 49.8 Å². The Balaban J connectivity index is 0.00000300. The van der Waals surface area contributed by atoms with Crippen LogP contribution in [0.3, 0.4) is 0 Å². The van der Waals surface area contributed by atoms with Gasteiger partial charge in [0.15, 0.2) is 0 Å². The molecule has 1 amide bonds. The maximum Gasteiger partial charge on any atom is 0.227 e.